The molecular weight excluding hydrogens is 350 g/mol. The molecule has 0 bridgehead atoms. The van der Waals surface area contributed by atoms with Gasteiger partial charge in [-0.1, -0.05) is 69.4 Å². The molecule has 0 spiro atoms. The fraction of sp³-hybridized carbons (Fsp3) is 0.667. The largest absolute Gasteiger partial charge is 0.496 e. The summed E-state index contributed by atoms with van der Waals surface area (Å²) in [4.78, 5) is 25.0. The van der Waals surface area contributed by atoms with Crippen LogP contribution in [0.1, 0.15) is 99.4 Å². The molecule has 156 valence electrons. The van der Waals surface area contributed by atoms with E-state index in [0.29, 0.717) is 11.3 Å². The molecular formula is C24H37NO3. The number of methoxy groups -OCH3 is 1. The molecule has 1 N–H and O–H groups in total. The third kappa shape index (κ3) is 8.04. The van der Waals surface area contributed by atoms with Gasteiger partial charge in [-0.05, 0) is 31.9 Å². The summed E-state index contributed by atoms with van der Waals surface area (Å²) in [7, 11) is 1.57. The number of amides is 1. The summed E-state index contributed by atoms with van der Waals surface area (Å²) < 4.78 is 5.30. The molecule has 1 aliphatic rings. The molecule has 1 amide bonds. The molecule has 4 nitrogen and oxygen atoms in total. The van der Waals surface area contributed by atoms with Crippen LogP contribution in [0.25, 0.3) is 0 Å². The molecule has 1 aromatic rings. The van der Waals surface area contributed by atoms with Crippen LogP contribution >= 0.6 is 0 Å². The highest BCUT2D eigenvalue weighted by atomic mass is 16.5. The molecule has 2 rings (SSSR count). The molecule has 1 fully saturated rings. The van der Waals surface area contributed by atoms with Gasteiger partial charge in [0.05, 0.1) is 12.7 Å². The highest BCUT2D eigenvalue weighted by Crippen LogP contribution is 2.22. The summed E-state index contributed by atoms with van der Waals surface area (Å²) in [6.07, 6.45) is 14.2. The normalized spacial score (nSPS) is 17.2. The Labute approximate surface area is 170 Å². The van der Waals surface area contributed by atoms with E-state index in [1.54, 1.807) is 7.11 Å². The molecule has 0 radical (unpaired) electrons. The van der Waals surface area contributed by atoms with Gasteiger partial charge in [-0.2, -0.15) is 0 Å². The van der Waals surface area contributed by atoms with E-state index in [4.69, 9.17) is 4.74 Å². The lowest BCUT2D eigenvalue weighted by molar-refractivity contribution is -0.121. The van der Waals surface area contributed by atoms with Crippen LogP contribution in [0.4, 0.5) is 0 Å². The van der Waals surface area contributed by atoms with Gasteiger partial charge < -0.3 is 10.1 Å². The first-order valence-corrected chi connectivity index (χ1v) is 11.1. The van der Waals surface area contributed by atoms with Crippen molar-refractivity contribution >= 4 is 11.7 Å². The lowest BCUT2D eigenvalue weighted by Crippen LogP contribution is -2.35. The Bertz CT molecular complexity index is 614. The topological polar surface area (TPSA) is 55.4 Å². The molecule has 0 unspecified atom stereocenters. The van der Waals surface area contributed by atoms with Crippen molar-refractivity contribution in [3.63, 3.8) is 0 Å². The van der Waals surface area contributed by atoms with E-state index < -0.39 is 0 Å². The lowest BCUT2D eigenvalue weighted by atomic mass is 9.97. The van der Waals surface area contributed by atoms with Crippen molar-refractivity contribution in [2.45, 2.75) is 96.4 Å². The Morgan fingerprint density at radius 1 is 0.929 bits per heavy atom. The Kier molecular flexibility index (Phi) is 10.1. The van der Waals surface area contributed by atoms with Gasteiger partial charge in [0, 0.05) is 18.9 Å². The second kappa shape index (κ2) is 12.6. The number of carbonyl (C=O) groups excluding carboxylic acids is 2. The monoisotopic (exact) mass is 387 g/mol. The van der Waals surface area contributed by atoms with Gasteiger partial charge in [-0.3, -0.25) is 9.59 Å². The number of hydrogen-bond donors (Lipinski definition) is 1. The van der Waals surface area contributed by atoms with E-state index in [0.717, 1.165) is 18.4 Å². The smallest absolute Gasteiger partial charge is 0.220 e. The van der Waals surface area contributed by atoms with Gasteiger partial charge in [0.1, 0.15) is 5.75 Å². The van der Waals surface area contributed by atoms with Crippen molar-refractivity contribution in [2.75, 3.05) is 7.11 Å². The summed E-state index contributed by atoms with van der Waals surface area (Å²) in [5.41, 5.74) is 1.59. The Morgan fingerprint density at radius 2 is 1.50 bits per heavy atom. The van der Waals surface area contributed by atoms with Crippen LogP contribution in [0.5, 0.6) is 5.75 Å². The number of rotatable bonds is 6. The second-order valence-electron chi connectivity index (χ2n) is 8.15. The predicted molar refractivity (Wildman–Crippen MR) is 114 cm³/mol. The lowest BCUT2D eigenvalue weighted by Gasteiger charge is -2.19. The SMILES string of the molecule is COc1ccc(C)cc1C(=O)CCC(=O)NC1CCCCCCCCCCC1. The molecule has 0 saturated heterocycles. The number of ketones is 1. The van der Waals surface area contributed by atoms with Crippen molar-refractivity contribution in [2.24, 2.45) is 0 Å². The zero-order chi connectivity index (χ0) is 20.2. The fourth-order valence-corrected chi connectivity index (χ4v) is 4.01. The Balaban J connectivity index is 1.82. The highest BCUT2D eigenvalue weighted by Gasteiger charge is 2.17. The molecule has 1 saturated carbocycles. The molecule has 0 aliphatic heterocycles. The van der Waals surface area contributed by atoms with E-state index in [1.807, 2.05) is 25.1 Å². The number of Topliss-reactive ketones (excluding diaryl/α,β-unsaturated/α-hetero) is 1. The standard InChI is InChI=1S/C24H37NO3/c1-19-14-16-23(28-2)21(18-19)22(26)15-17-24(27)25-20-12-10-8-6-4-3-5-7-9-11-13-20/h14,16,18,20H,3-13,15,17H2,1-2H3,(H,25,27). The molecule has 0 heterocycles. The highest BCUT2D eigenvalue weighted by molar-refractivity contribution is 6.00. The van der Waals surface area contributed by atoms with Crippen LogP contribution in [0.15, 0.2) is 18.2 Å². The van der Waals surface area contributed by atoms with Gasteiger partial charge in [0.15, 0.2) is 5.78 Å². The van der Waals surface area contributed by atoms with E-state index >= 15 is 0 Å². The van der Waals surface area contributed by atoms with Crippen molar-refractivity contribution < 1.29 is 14.3 Å². The summed E-state index contributed by atoms with van der Waals surface area (Å²) in [6, 6.07) is 5.83. The average Bonchev–Trinajstić information content (AvgIpc) is 2.68. The summed E-state index contributed by atoms with van der Waals surface area (Å²) >= 11 is 0. The minimum atomic E-state index is -0.0330. The number of benzene rings is 1. The van der Waals surface area contributed by atoms with Crippen molar-refractivity contribution in [1.82, 2.24) is 5.32 Å². The van der Waals surface area contributed by atoms with Crippen molar-refractivity contribution in [3.8, 4) is 5.75 Å². The van der Waals surface area contributed by atoms with Gasteiger partial charge in [0.25, 0.3) is 0 Å². The number of aryl methyl sites for hydroxylation is 1. The van der Waals surface area contributed by atoms with Gasteiger partial charge in [-0.25, -0.2) is 0 Å². The molecule has 1 aromatic carbocycles. The van der Waals surface area contributed by atoms with Crippen LogP contribution in [0.3, 0.4) is 0 Å². The van der Waals surface area contributed by atoms with Crippen LogP contribution in [-0.2, 0) is 4.79 Å². The van der Waals surface area contributed by atoms with Crippen LogP contribution in [-0.4, -0.2) is 24.8 Å². The van der Waals surface area contributed by atoms with E-state index in [-0.39, 0.29) is 30.6 Å². The van der Waals surface area contributed by atoms with E-state index in [2.05, 4.69) is 5.32 Å². The Hall–Kier alpha value is -1.84. The molecule has 28 heavy (non-hydrogen) atoms. The maximum absolute atomic E-state index is 12.6. The average molecular weight is 388 g/mol. The molecule has 4 heteroatoms. The molecule has 0 aromatic heterocycles. The number of hydrogen-bond acceptors (Lipinski definition) is 3. The van der Waals surface area contributed by atoms with Gasteiger partial charge >= 0.3 is 0 Å². The van der Waals surface area contributed by atoms with Crippen molar-refractivity contribution in [3.05, 3.63) is 29.3 Å². The first-order valence-electron chi connectivity index (χ1n) is 11.1. The van der Waals surface area contributed by atoms with Crippen LogP contribution in [0.2, 0.25) is 0 Å². The third-order valence-corrected chi connectivity index (χ3v) is 5.70. The maximum Gasteiger partial charge on any atom is 0.220 e. The molecule has 1 aliphatic carbocycles. The van der Waals surface area contributed by atoms with Crippen LogP contribution < -0.4 is 10.1 Å². The van der Waals surface area contributed by atoms with E-state index in [1.165, 1.54) is 57.8 Å². The molecule has 0 atom stereocenters. The fourth-order valence-electron chi connectivity index (χ4n) is 4.01. The number of nitrogens with one attached hydrogen (secondary N) is 1. The minimum Gasteiger partial charge on any atom is -0.496 e. The number of ether oxygens (including phenoxy) is 1. The number of carbonyl (C=O) groups is 2. The van der Waals surface area contributed by atoms with Gasteiger partial charge in [-0.15, -0.1) is 0 Å². The summed E-state index contributed by atoms with van der Waals surface area (Å²) in [6.45, 7) is 1.95. The quantitative estimate of drug-likeness (QED) is 0.632. The first kappa shape index (κ1) is 22.4. The zero-order valence-corrected chi connectivity index (χ0v) is 17.7. The minimum absolute atomic E-state index is 0.00272. The second-order valence-corrected chi connectivity index (χ2v) is 8.15. The summed E-state index contributed by atoms with van der Waals surface area (Å²) in [5, 5.41) is 3.20. The Morgan fingerprint density at radius 3 is 2.07 bits per heavy atom. The zero-order valence-electron chi connectivity index (χ0n) is 17.7. The van der Waals surface area contributed by atoms with Gasteiger partial charge in [0.2, 0.25) is 5.91 Å². The third-order valence-electron chi connectivity index (χ3n) is 5.70. The maximum atomic E-state index is 12.6. The predicted octanol–water partition coefficient (Wildman–Crippen LogP) is 5.76. The van der Waals surface area contributed by atoms with Crippen LogP contribution in [0, 0.1) is 6.92 Å². The summed E-state index contributed by atoms with van der Waals surface area (Å²) in [5.74, 6) is 0.543. The van der Waals surface area contributed by atoms with E-state index in [9.17, 15) is 9.59 Å². The van der Waals surface area contributed by atoms with Crippen molar-refractivity contribution in [1.29, 1.82) is 0 Å². The first-order chi connectivity index (χ1) is 13.6.